The van der Waals surface area contributed by atoms with Crippen LogP contribution in [0.15, 0.2) is 23.5 Å². The normalized spacial score (nSPS) is 46.8. The van der Waals surface area contributed by atoms with Crippen molar-refractivity contribution in [3.05, 3.63) is 23.5 Å². The Bertz CT molecular complexity index is 626. The quantitative estimate of drug-likeness (QED) is 0.660. The summed E-state index contributed by atoms with van der Waals surface area (Å²) >= 11 is 0. The zero-order chi connectivity index (χ0) is 16.9. The van der Waals surface area contributed by atoms with Gasteiger partial charge in [-0.25, -0.2) is 0 Å². The molecule has 0 radical (unpaired) electrons. The number of ether oxygens (including phenoxy) is 1. The van der Waals surface area contributed by atoms with Crippen LogP contribution in [0.2, 0.25) is 0 Å². The summed E-state index contributed by atoms with van der Waals surface area (Å²) in [7, 11) is 1.81. The van der Waals surface area contributed by atoms with E-state index in [4.69, 9.17) is 4.74 Å². The monoisotopic (exact) mass is 325 g/mol. The molecule has 0 spiro atoms. The third kappa shape index (κ3) is 2.13. The Labute approximate surface area is 147 Å². The van der Waals surface area contributed by atoms with Gasteiger partial charge >= 0.3 is 0 Å². The molecule has 2 nitrogen and oxygen atoms in total. The molecule has 4 rings (SSSR count). The van der Waals surface area contributed by atoms with Crippen LogP contribution in [-0.2, 0) is 4.74 Å². The van der Waals surface area contributed by atoms with Gasteiger partial charge in [-0.3, -0.25) is 0 Å². The van der Waals surface area contributed by atoms with Crippen LogP contribution < -0.4 is 0 Å². The third-order valence-corrected chi connectivity index (χ3v) is 8.53. The molecule has 2 saturated carbocycles. The number of hydrogen-bond acceptors (Lipinski definition) is 2. The Morgan fingerprint density at radius 3 is 2.79 bits per heavy atom. The number of hydrogen-bond donors (Lipinski definition) is 0. The van der Waals surface area contributed by atoms with E-state index in [1.165, 1.54) is 38.5 Å². The second-order valence-corrected chi connectivity index (χ2v) is 9.19. The second kappa shape index (κ2) is 5.65. The first kappa shape index (κ1) is 16.2. The predicted octanol–water partition coefficient (Wildman–Crippen LogP) is 5.62. The second-order valence-electron chi connectivity index (χ2n) is 9.19. The lowest BCUT2D eigenvalue weighted by atomic mass is 9.48. The standard InChI is InChI=1S/C22H31NO/c1-21-12-9-20-18(19(21)7-5-15(21)10-13-23)6-4-16-14-17(24-3)8-11-22(16,20)2/h4,14-15,18-20H,5-12H2,1-3H3/t15-,18-,19-,20-,21+,22-/m0/s1. The molecule has 4 aliphatic rings. The van der Waals surface area contributed by atoms with Crippen LogP contribution in [0, 0.1) is 45.8 Å². The molecular weight excluding hydrogens is 294 g/mol. The molecule has 0 bridgehead atoms. The van der Waals surface area contributed by atoms with Gasteiger partial charge in [0.25, 0.3) is 0 Å². The van der Waals surface area contributed by atoms with Crippen molar-refractivity contribution in [2.75, 3.05) is 7.11 Å². The highest BCUT2D eigenvalue weighted by Crippen LogP contribution is 2.66. The van der Waals surface area contributed by atoms with Crippen LogP contribution >= 0.6 is 0 Å². The first-order valence-electron chi connectivity index (χ1n) is 9.85. The smallest absolute Gasteiger partial charge is 0.0958 e. The summed E-state index contributed by atoms with van der Waals surface area (Å²) in [5, 5.41) is 9.23. The van der Waals surface area contributed by atoms with E-state index in [0.717, 1.165) is 36.4 Å². The summed E-state index contributed by atoms with van der Waals surface area (Å²) in [6.45, 7) is 5.03. The zero-order valence-electron chi connectivity index (χ0n) is 15.5. The first-order valence-corrected chi connectivity index (χ1v) is 9.85. The molecule has 24 heavy (non-hydrogen) atoms. The molecule has 4 aliphatic carbocycles. The van der Waals surface area contributed by atoms with Crippen molar-refractivity contribution in [3.8, 4) is 6.07 Å². The van der Waals surface area contributed by atoms with E-state index in [0.29, 0.717) is 16.7 Å². The van der Waals surface area contributed by atoms with Crippen LogP contribution in [0.4, 0.5) is 0 Å². The molecule has 0 unspecified atom stereocenters. The van der Waals surface area contributed by atoms with Crippen LogP contribution in [-0.4, -0.2) is 7.11 Å². The van der Waals surface area contributed by atoms with Crippen molar-refractivity contribution in [1.82, 2.24) is 0 Å². The van der Waals surface area contributed by atoms with Crippen molar-refractivity contribution in [2.24, 2.45) is 34.5 Å². The van der Waals surface area contributed by atoms with Crippen LogP contribution in [0.3, 0.4) is 0 Å². The molecule has 6 atom stereocenters. The van der Waals surface area contributed by atoms with E-state index in [1.807, 2.05) is 0 Å². The van der Waals surface area contributed by atoms with Crippen LogP contribution in [0.1, 0.15) is 65.2 Å². The Kier molecular flexibility index (Phi) is 3.83. The summed E-state index contributed by atoms with van der Waals surface area (Å²) in [4.78, 5) is 0. The van der Waals surface area contributed by atoms with E-state index < -0.39 is 0 Å². The Morgan fingerprint density at radius 2 is 2.04 bits per heavy atom. The molecule has 0 aromatic rings. The van der Waals surface area contributed by atoms with Gasteiger partial charge in [0.1, 0.15) is 0 Å². The van der Waals surface area contributed by atoms with Crippen molar-refractivity contribution in [2.45, 2.75) is 65.2 Å². The summed E-state index contributed by atoms with van der Waals surface area (Å²) in [5.41, 5.74) is 2.31. The highest BCUT2D eigenvalue weighted by molar-refractivity contribution is 5.35. The Morgan fingerprint density at radius 1 is 1.21 bits per heavy atom. The topological polar surface area (TPSA) is 33.0 Å². The predicted molar refractivity (Wildman–Crippen MR) is 95.9 cm³/mol. The number of rotatable bonds is 2. The van der Waals surface area contributed by atoms with Crippen LogP contribution in [0.5, 0.6) is 0 Å². The average molecular weight is 325 g/mol. The fourth-order valence-corrected chi connectivity index (χ4v) is 7.01. The summed E-state index contributed by atoms with van der Waals surface area (Å²) in [5.74, 6) is 4.28. The molecule has 2 fully saturated rings. The van der Waals surface area contributed by atoms with E-state index in [2.05, 4.69) is 32.1 Å². The fraction of sp³-hybridized carbons (Fsp3) is 0.773. The fourth-order valence-electron chi connectivity index (χ4n) is 7.01. The van der Waals surface area contributed by atoms with Crippen molar-refractivity contribution in [3.63, 3.8) is 0 Å². The van der Waals surface area contributed by atoms with Gasteiger partial charge in [0.05, 0.1) is 18.9 Å². The van der Waals surface area contributed by atoms with E-state index in [1.54, 1.807) is 12.7 Å². The maximum Gasteiger partial charge on any atom is 0.0958 e. The summed E-state index contributed by atoms with van der Waals surface area (Å²) in [6, 6.07) is 2.47. The molecule has 2 heteroatoms. The number of methoxy groups -OCH3 is 1. The number of allylic oxidation sites excluding steroid dienone is 4. The van der Waals surface area contributed by atoms with Crippen LogP contribution in [0.25, 0.3) is 0 Å². The lowest BCUT2D eigenvalue weighted by Gasteiger charge is -2.57. The number of fused-ring (bicyclic) bond motifs is 5. The third-order valence-electron chi connectivity index (χ3n) is 8.53. The van der Waals surface area contributed by atoms with Gasteiger partial charge in [-0.1, -0.05) is 19.9 Å². The lowest BCUT2D eigenvalue weighted by molar-refractivity contribution is -0.0363. The average Bonchev–Trinajstić information content (AvgIpc) is 2.91. The van der Waals surface area contributed by atoms with Gasteiger partial charge in [0, 0.05) is 12.8 Å². The number of nitrogens with zero attached hydrogens (tertiary/aromatic N) is 1. The maximum absolute atomic E-state index is 9.23. The van der Waals surface area contributed by atoms with Gasteiger partial charge in [0.15, 0.2) is 0 Å². The first-order chi connectivity index (χ1) is 11.5. The molecule has 130 valence electrons. The van der Waals surface area contributed by atoms with Gasteiger partial charge < -0.3 is 4.74 Å². The molecule has 0 aromatic carbocycles. The van der Waals surface area contributed by atoms with Crippen molar-refractivity contribution >= 4 is 0 Å². The molecule has 0 aromatic heterocycles. The minimum absolute atomic E-state index is 0.347. The molecular formula is C22H31NO. The highest BCUT2D eigenvalue weighted by atomic mass is 16.5. The minimum atomic E-state index is 0.347. The van der Waals surface area contributed by atoms with Gasteiger partial charge in [-0.05, 0) is 84.7 Å². The van der Waals surface area contributed by atoms with Gasteiger partial charge in [0.2, 0.25) is 0 Å². The Hall–Kier alpha value is -1.23. The lowest BCUT2D eigenvalue weighted by Crippen LogP contribution is -2.49. The maximum atomic E-state index is 9.23. The van der Waals surface area contributed by atoms with E-state index in [9.17, 15) is 5.26 Å². The zero-order valence-corrected chi connectivity index (χ0v) is 15.5. The van der Waals surface area contributed by atoms with Gasteiger partial charge in [-0.15, -0.1) is 0 Å². The van der Waals surface area contributed by atoms with Crippen molar-refractivity contribution in [1.29, 1.82) is 5.26 Å². The van der Waals surface area contributed by atoms with Crippen molar-refractivity contribution < 1.29 is 4.74 Å². The molecule has 0 aliphatic heterocycles. The largest absolute Gasteiger partial charge is 0.501 e. The SMILES string of the molecule is COC1=CC2=CC[C@H]3[C@@H]4CC[C@@H](CC#N)[C@@]4(C)CC[C@@H]3[C@@]2(C)CC1. The number of nitriles is 1. The molecule has 0 amide bonds. The van der Waals surface area contributed by atoms with E-state index >= 15 is 0 Å². The molecule has 0 N–H and O–H groups in total. The Balaban J connectivity index is 1.65. The summed E-state index contributed by atoms with van der Waals surface area (Å²) in [6.07, 6.45) is 14.5. The van der Waals surface area contributed by atoms with Gasteiger partial charge in [-0.2, -0.15) is 5.26 Å². The minimum Gasteiger partial charge on any atom is -0.501 e. The molecule has 0 heterocycles. The summed E-state index contributed by atoms with van der Waals surface area (Å²) < 4.78 is 5.54. The highest BCUT2D eigenvalue weighted by Gasteiger charge is 2.57. The molecule has 0 saturated heterocycles. The van der Waals surface area contributed by atoms with E-state index in [-0.39, 0.29) is 0 Å².